The average molecular weight is 941 g/mol. The van der Waals surface area contributed by atoms with Gasteiger partial charge in [0.05, 0.1) is 65.9 Å². The van der Waals surface area contributed by atoms with Crippen molar-refractivity contribution >= 4 is 22.3 Å². The molecule has 0 amide bonds. The summed E-state index contributed by atoms with van der Waals surface area (Å²) in [5.41, 5.74) is 0.116. The molecule has 4 saturated heterocycles. The Balaban J connectivity index is 1.18. The molecule has 21 atom stereocenters. The highest BCUT2D eigenvalue weighted by atomic mass is 16.7. The van der Waals surface area contributed by atoms with Gasteiger partial charge in [0.2, 0.25) is 6.29 Å². The van der Waals surface area contributed by atoms with Crippen LogP contribution in [0.3, 0.4) is 0 Å². The molecule has 1 aliphatic carbocycles. The van der Waals surface area contributed by atoms with Crippen LogP contribution in [0.15, 0.2) is 12.1 Å². The monoisotopic (exact) mass is 940 g/mol. The number of benzene rings is 2. The Morgan fingerprint density at radius 1 is 0.697 bits per heavy atom. The van der Waals surface area contributed by atoms with Gasteiger partial charge in [-0.2, -0.15) is 0 Å². The van der Waals surface area contributed by atoms with Crippen LogP contribution in [0.4, 0.5) is 0 Å². The lowest BCUT2D eigenvalue weighted by atomic mass is 9.75. The Hall–Kier alpha value is -3.20. The van der Waals surface area contributed by atoms with Gasteiger partial charge in [0.25, 0.3) is 0 Å². The van der Waals surface area contributed by atoms with Gasteiger partial charge in [-0.15, -0.1) is 0 Å². The molecule has 5 aliphatic rings. The molecule has 4 heterocycles. The van der Waals surface area contributed by atoms with E-state index in [2.05, 4.69) is 0 Å². The molecule has 2 aromatic carbocycles. The molecule has 2 aromatic rings. The first kappa shape index (κ1) is 50.7. The number of methoxy groups -OCH3 is 1. The minimum atomic E-state index is -1.92. The number of hydrogen-bond acceptors (Lipinski definition) is 21. The fourth-order valence-electron chi connectivity index (χ4n) is 9.62. The van der Waals surface area contributed by atoms with E-state index in [-0.39, 0.29) is 65.3 Å². The minimum absolute atomic E-state index is 0.0233. The summed E-state index contributed by atoms with van der Waals surface area (Å²) < 4.78 is 53.7. The third-order valence-electron chi connectivity index (χ3n) is 13.5. The predicted octanol–water partition coefficient (Wildman–Crippen LogP) is -0.520. The van der Waals surface area contributed by atoms with Crippen LogP contribution in [0.1, 0.15) is 81.8 Å². The fraction of sp³-hybridized carbons (Fsp3) is 0.733. The van der Waals surface area contributed by atoms with Crippen molar-refractivity contribution in [1.29, 1.82) is 0 Å². The molecular weight excluding hydrogens is 876 g/mol. The molecule has 21 nitrogen and oxygen atoms in total. The molecule has 4 fully saturated rings. The number of ether oxygens (including phenoxy) is 9. The number of Topliss-reactive ketones (excluding diaryl/α,β-unsaturated/α-hetero) is 2. The number of carbonyl (C=O) groups excluding carboxylic acids is 2. The van der Waals surface area contributed by atoms with Crippen molar-refractivity contribution in [2.45, 2.75) is 196 Å². The molecule has 6 unspecified atom stereocenters. The van der Waals surface area contributed by atoms with Gasteiger partial charge in [-0.05, 0) is 71.0 Å². The van der Waals surface area contributed by atoms with E-state index in [1.54, 1.807) is 27.7 Å². The standard InChI is InChI=1S/C45H64O21/c1-15-26(63-31-13-27(39(53)19(5)61-31)64-29-11-24(47)37(51)17(3)59-29)10-22-8-21-9-23(44(58-7)43(57)36(50)16(2)46)45(42(56)34(21)41(55)33(22)35(15)49)66-32-14-28(40(54)20(6)62-32)65-30-12-25(48)38(52)18(4)60-30/h8,10,16-20,23-25,27-32,36-40,44-55H,9,11-14H2,1-7H3/t16-,17?,18?,19?,20?,23+,24?,25-,27?,28-,29+,30+,31+,32+,36+,37-,38+,39-,40-,44+,45+/m1/s1. The lowest BCUT2D eigenvalue weighted by molar-refractivity contribution is -0.311. The van der Waals surface area contributed by atoms with Gasteiger partial charge < -0.3 is 93.7 Å². The van der Waals surface area contributed by atoms with E-state index in [1.807, 2.05) is 0 Å². The topological polar surface area (TPSA) is 320 Å². The summed E-state index contributed by atoms with van der Waals surface area (Å²) in [5, 5.41) is 108. The quantitative estimate of drug-likeness (QED) is 0.121. The van der Waals surface area contributed by atoms with Gasteiger partial charge in [-0.25, -0.2) is 0 Å². The van der Waals surface area contributed by atoms with Crippen LogP contribution in [0, 0.1) is 12.8 Å². The molecule has 370 valence electrons. The number of ketones is 2. The number of carbonyl (C=O) groups is 2. The Morgan fingerprint density at radius 3 is 1.68 bits per heavy atom. The van der Waals surface area contributed by atoms with E-state index < -0.39 is 152 Å². The van der Waals surface area contributed by atoms with E-state index in [9.17, 15) is 60.7 Å². The Bertz CT molecular complexity index is 2030. The summed E-state index contributed by atoms with van der Waals surface area (Å²) in [5.74, 6) is -3.95. The normalized spacial score (nSPS) is 40.1. The van der Waals surface area contributed by atoms with Crippen LogP contribution in [0.2, 0.25) is 0 Å². The molecular formula is C45H64O21. The number of fused-ring (bicyclic) bond motifs is 2. The van der Waals surface area contributed by atoms with Crippen molar-refractivity contribution in [3.05, 3.63) is 28.8 Å². The van der Waals surface area contributed by atoms with Gasteiger partial charge >= 0.3 is 0 Å². The summed E-state index contributed by atoms with van der Waals surface area (Å²) in [7, 11) is 1.19. The second-order valence-corrected chi connectivity index (χ2v) is 18.3. The minimum Gasteiger partial charge on any atom is -0.507 e. The zero-order chi connectivity index (χ0) is 48.2. The first-order chi connectivity index (χ1) is 31.1. The summed E-state index contributed by atoms with van der Waals surface area (Å²) in [6.45, 7) is 9.02. The van der Waals surface area contributed by atoms with Gasteiger partial charge in [0, 0.05) is 44.3 Å². The highest BCUT2D eigenvalue weighted by molar-refractivity contribution is 6.11. The number of phenols is 2. The fourth-order valence-corrected chi connectivity index (χ4v) is 9.62. The highest BCUT2D eigenvalue weighted by Gasteiger charge is 2.50. The largest absolute Gasteiger partial charge is 0.507 e. The predicted molar refractivity (Wildman–Crippen MR) is 224 cm³/mol. The van der Waals surface area contributed by atoms with Crippen LogP contribution in [0.25, 0.3) is 10.8 Å². The van der Waals surface area contributed by atoms with E-state index in [1.165, 1.54) is 33.1 Å². The number of hydrogen-bond donors (Lipinski definition) is 10. The lowest BCUT2D eigenvalue weighted by Crippen LogP contribution is -2.56. The summed E-state index contributed by atoms with van der Waals surface area (Å²) in [6.07, 6.45) is -23.5. The van der Waals surface area contributed by atoms with Crippen LogP contribution in [-0.2, 0) is 49.1 Å². The van der Waals surface area contributed by atoms with Gasteiger partial charge in [0.1, 0.15) is 60.0 Å². The molecule has 21 heteroatoms. The third kappa shape index (κ3) is 10.1. The number of phenolic OH excluding ortho intramolecular Hbond substituents is 2. The van der Waals surface area contributed by atoms with Crippen LogP contribution in [-0.4, -0.2) is 193 Å². The van der Waals surface area contributed by atoms with Gasteiger partial charge in [-0.1, -0.05) is 0 Å². The van der Waals surface area contributed by atoms with E-state index in [4.69, 9.17) is 42.6 Å². The van der Waals surface area contributed by atoms with Crippen molar-refractivity contribution < 1.29 is 103 Å². The Morgan fingerprint density at radius 2 is 1.18 bits per heavy atom. The first-order valence-electron chi connectivity index (χ1n) is 22.4. The van der Waals surface area contributed by atoms with Gasteiger partial charge in [-0.3, -0.25) is 9.59 Å². The smallest absolute Gasteiger partial charge is 0.202 e. The maximum atomic E-state index is 14.8. The van der Waals surface area contributed by atoms with Crippen LogP contribution >= 0.6 is 0 Å². The molecule has 4 aliphatic heterocycles. The second-order valence-electron chi connectivity index (χ2n) is 18.3. The molecule has 7 rings (SSSR count). The SMILES string of the molecule is CO[C@H](C(=O)[C@@H](O)[C@@H](C)O)[C@@H]1Cc2cc3cc(O[C@H]4CC(O[C@H]5CC(O)[C@H](O)C(C)O5)[C@H](O)C(C)O4)c(C)c(O)c3c(O)c2C(=O)[C@H]1O[C@H]1C[C@@H](O[C@H]2C[C@@H](O)[C@@H](O)C(C)O2)[C@H](O)C(C)O1. The van der Waals surface area contributed by atoms with Crippen molar-refractivity contribution in [2.75, 3.05) is 7.11 Å². The molecule has 66 heavy (non-hydrogen) atoms. The number of aliphatic hydroxyl groups is 8. The first-order valence-corrected chi connectivity index (χ1v) is 22.4. The molecule has 0 radical (unpaired) electrons. The molecule has 10 N–H and O–H groups in total. The number of aromatic hydroxyl groups is 2. The summed E-state index contributed by atoms with van der Waals surface area (Å²) in [4.78, 5) is 28.5. The molecule has 0 bridgehead atoms. The van der Waals surface area contributed by atoms with Crippen molar-refractivity contribution in [1.82, 2.24) is 0 Å². The zero-order valence-electron chi connectivity index (χ0n) is 37.8. The Labute approximate surface area is 380 Å². The lowest BCUT2D eigenvalue weighted by Gasteiger charge is -2.43. The second kappa shape index (κ2) is 20.4. The molecule has 0 spiro atoms. The highest BCUT2D eigenvalue weighted by Crippen LogP contribution is 2.47. The van der Waals surface area contributed by atoms with Crippen molar-refractivity contribution in [3.63, 3.8) is 0 Å². The van der Waals surface area contributed by atoms with Crippen LogP contribution in [0.5, 0.6) is 17.2 Å². The van der Waals surface area contributed by atoms with E-state index >= 15 is 0 Å². The number of aliphatic hydroxyl groups excluding tert-OH is 8. The van der Waals surface area contributed by atoms with Crippen LogP contribution < -0.4 is 4.74 Å². The average Bonchev–Trinajstić information content (AvgIpc) is 3.25. The van der Waals surface area contributed by atoms with Crippen molar-refractivity contribution in [3.8, 4) is 17.2 Å². The summed E-state index contributed by atoms with van der Waals surface area (Å²) in [6, 6.07) is 3.04. The van der Waals surface area contributed by atoms with E-state index in [0.717, 1.165) is 0 Å². The molecule has 0 saturated carbocycles. The third-order valence-corrected chi connectivity index (χ3v) is 13.5. The van der Waals surface area contributed by atoms with Crippen molar-refractivity contribution in [2.24, 2.45) is 5.92 Å². The summed E-state index contributed by atoms with van der Waals surface area (Å²) >= 11 is 0. The molecule has 0 aromatic heterocycles. The maximum absolute atomic E-state index is 14.8. The zero-order valence-corrected chi connectivity index (χ0v) is 37.8. The van der Waals surface area contributed by atoms with E-state index in [0.29, 0.717) is 0 Å². The maximum Gasteiger partial charge on any atom is 0.202 e. The number of rotatable bonds is 13. The Kier molecular flexibility index (Phi) is 15.7. The van der Waals surface area contributed by atoms with Gasteiger partial charge in [0.15, 0.2) is 30.4 Å².